The summed E-state index contributed by atoms with van der Waals surface area (Å²) < 4.78 is 33.4. The molecule has 0 unspecified atom stereocenters. The Morgan fingerprint density at radius 1 is 0.702 bits per heavy atom. The lowest BCUT2D eigenvalue weighted by atomic mass is 10.0. The van der Waals surface area contributed by atoms with Gasteiger partial charge in [0.15, 0.2) is 16.6 Å². The van der Waals surface area contributed by atoms with Gasteiger partial charge in [-0.25, -0.2) is 0 Å². The smallest absolute Gasteiger partial charge is 0.261 e. The molecule has 0 aliphatic heterocycles. The minimum atomic E-state index is -2.92. The number of ether oxygens (including phenoxy) is 2. The van der Waals surface area contributed by atoms with Crippen LogP contribution < -0.4 is 10.4 Å². The van der Waals surface area contributed by atoms with Crippen molar-refractivity contribution in [3.63, 3.8) is 0 Å². The van der Waals surface area contributed by atoms with Gasteiger partial charge < -0.3 is 27.9 Å². The van der Waals surface area contributed by atoms with E-state index >= 15 is 0 Å². The van der Waals surface area contributed by atoms with Gasteiger partial charge >= 0.3 is 0 Å². The molecule has 0 radical (unpaired) electrons. The predicted molar refractivity (Wildman–Crippen MR) is 205 cm³/mol. The molecular weight excluding hydrogens is 637 g/mol. The maximum absolute atomic E-state index is 12.3. The molecule has 0 saturated heterocycles. The van der Waals surface area contributed by atoms with E-state index < -0.39 is 49.4 Å². The third-order valence-corrected chi connectivity index (χ3v) is 24.2. The SMILES string of the molecule is C/C=C/[C@@H](O[Si](C)(C)C(C)(C)C)[C@H](O)[C@H](OCOC)[C@@H](CO[Si](c1ccccc1)(c1ccccc1)C(C)(C)C)O[Si](C)(C)C(C)(C)C. The summed E-state index contributed by atoms with van der Waals surface area (Å²) in [5, 5.41) is 14.3. The molecule has 6 nitrogen and oxygen atoms in total. The van der Waals surface area contributed by atoms with Gasteiger partial charge in [-0.2, -0.15) is 0 Å². The number of rotatable bonds is 16. The van der Waals surface area contributed by atoms with Crippen LogP contribution in [0.1, 0.15) is 69.2 Å². The molecule has 0 saturated carbocycles. The molecule has 1 N–H and O–H groups in total. The molecule has 0 aliphatic rings. The number of methoxy groups -OCH3 is 1. The topological polar surface area (TPSA) is 66.4 Å². The van der Waals surface area contributed by atoms with Crippen LogP contribution in [0, 0.1) is 0 Å². The molecule has 4 atom stereocenters. The lowest BCUT2D eigenvalue weighted by Crippen LogP contribution is -2.68. The van der Waals surface area contributed by atoms with E-state index in [1.807, 2.05) is 19.1 Å². The normalized spacial score (nSPS) is 16.7. The van der Waals surface area contributed by atoms with Crippen molar-refractivity contribution in [3.8, 4) is 0 Å². The Morgan fingerprint density at radius 3 is 1.53 bits per heavy atom. The first-order valence-electron chi connectivity index (χ1n) is 17.1. The highest BCUT2D eigenvalue weighted by molar-refractivity contribution is 6.99. The molecular formula is C38H66O6Si3. The van der Waals surface area contributed by atoms with Gasteiger partial charge in [-0.1, -0.05) is 135 Å². The molecule has 2 aromatic carbocycles. The molecule has 266 valence electrons. The van der Waals surface area contributed by atoms with Crippen molar-refractivity contribution >= 4 is 35.3 Å². The quantitative estimate of drug-likeness (QED) is 0.108. The Labute approximate surface area is 290 Å². The van der Waals surface area contributed by atoms with E-state index in [1.165, 1.54) is 10.4 Å². The summed E-state index contributed by atoms with van der Waals surface area (Å²) in [6, 6.07) is 21.2. The third-order valence-electron chi connectivity index (χ3n) is 10.2. The summed E-state index contributed by atoms with van der Waals surface area (Å²) in [6.07, 6.45) is 0.873. The minimum Gasteiger partial charge on any atom is -0.409 e. The van der Waals surface area contributed by atoms with Crippen LogP contribution in [0.15, 0.2) is 72.8 Å². The second-order valence-corrected chi connectivity index (χ2v) is 30.6. The first-order chi connectivity index (χ1) is 21.6. The van der Waals surface area contributed by atoms with Gasteiger partial charge in [0.1, 0.15) is 19.0 Å². The van der Waals surface area contributed by atoms with Gasteiger partial charge in [-0.15, -0.1) is 0 Å². The highest BCUT2D eigenvalue weighted by Gasteiger charge is 2.52. The van der Waals surface area contributed by atoms with Crippen molar-refractivity contribution in [2.45, 2.75) is 135 Å². The summed E-state index contributed by atoms with van der Waals surface area (Å²) in [6.45, 7) is 31.2. The number of allylic oxidation sites excluding steroid dienone is 1. The standard InChI is InChI=1S/C38H66O6Si3/c1-16-23-32(43-45(12,13)36(2,3)4)34(39)35(41-29-40-11)33(44-46(14,15)37(5,6)7)28-42-47(38(8,9)10,30-24-19-17-20-25-30)31-26-21-18-22-27-31/h16-27,32-35,39H,28-29H2,1-15H3/b23-16+/t32-,33-,34+,35-/m1/s1. The summed E-state index contributed by atoms with van der Waals surface area (Å²) in [7, 11) is -5.99. The molecule has 0 aliphatic carbocycles. The van der Waals surface area contributed by atoms with Crippen molar-refractivity contribution in [2.24, 2.45) is 0 Å². The Bertz CT molecular complexity index is 1190. The predicted octanol–water partition coefficient (Wildman–Crippen LogP) is 8.27. The number of benzene rings is 2. The summed E-state index contributed by atoms with van der Waals surface area (Å²) in [5.41, 5.74) is 0. The van der Waals surface area contributed by atoms with E-state index in [2.05, 4.69) is 149 Å². The van der Waals surface area contributed by atoms with Gasteiger partial charge in [0, 0.05) is 7.11 Å². The second-order valence-electron chi connectivity index (χ2n) is 16.8. The number of aliphatic hydroxyl groups excluding tert-OH is 1. The molecule has 9 heteroatoms. The van der Waals surface area contributed by atoms with Crippen LogP contribution in [-0.4, -0.2) is 75.0 Å². The van der Waals surface area contributed by atoms with E-state index in [4.69, 9.17) is 22.8 Å². The monoisotopic (exact) mass is 702 g/mol. The fraction of sp³-hybridized carbons (Fsp3) is 0.632. The molecule has 0 heterocycles. The van der Waals surface area contributed by atoms with Gasteiger partial charge in [0.25, 0.3) is 8.32 Å². The van der Waals surface area contributed by atoms with Crippen molar-refractivity contribution in [2.75, 3.05) is 20.5 Å². The Balaban J connectivity index is 2.77. The molecule has 0 fully saturated rings. The van der Waals surface area contributed by atoms with E-state index in [0.717, 1.165) is 0 Å². The van der Waals surface area contributed by atoms with E-state index in [-0.39, 0.29) is 28.5 Å². The lowest BCUT2D eigenvalue weighted by Gasteiger charge is -2.47. The highest BCUT2D eigenvalue weighted by Crippen LogP contribution is 2.41. The fourth-order valence-corrected chi connectivity index (χ4v) is 12.5. The van der Waals surface area contributed by atoms with Crippen LogP contribution in [0.2, 0.25) is 41.3 Å². The van der Waals surface area contributed by atoms with E-state index in [0.29, 0.717) is 0 Å². The zero-order valence-corrected chi connectivity index (χ0v) is 35.1. The molecule has 47 heavy (non-hydrogen) atoms. The molecule has 0 aromatic heterocycles. The fourth-order valence-electron chi connectivity index (χ4n) is 5.41. The van der Waals surface area contributed by atoms with Crippen LogP contribution in [0.3, 0.4) is 0 Å². The maximum atomic E-state index is 12.3. The average molecular weight is 703 g/mol. The number of aliphatic hydroxyl groups is 1. The first-order valence-corrected chi connectivity index (χ1v) is 24.8. The van der Waals surface area contributed by atoms with Crippen LogP contribution in [0.5, 0.6) is 0 Å². The Morgan fingerprint density at radius 2 is 1.15 bits per heavy atom. The van der Waals surface area contributed by atoms with Crippen LogP contribution >= 0.6 is 0 Å². The van der Waals surface area contributed by atoms with E-state index in [1.54, 1.807) is 7.11 Å². The minimum absolute atomic E-state index is 0.000945. The molecule has 2 rings (SSSR count). The van der Waals surface area contributed by atoms with Crippen molar-refractivity contribution in [3.05, 3.63) is 72.8 Å². The van der Waals surface area contributed by atoms with Crippen molar-refractivity contribution in [1.82, 2.24) is 0 Å². The van der Waals surface area contributed by atoms with Gasteiger partial charge in [-0.3, -0.25) is 0 Å². The lowest BCUT2D eigenvalue weighted by molar-refractivity contribution is -0.167. The molecule has 2 aromatic rings. The van der Waals surface area contributed by atoms with Crippen LogP contribution in [0.4, 0.5) is 0 Å². The first kappa shape index (κ1) is 41.8. The zero-order valence-electron chi connectivity index (χ0n) is 32.1. The van der Waals surface area contributed by atoms with Crippen molar-refractivity contribution in [1.29, 1.82) is 0 Å². The molecule has 0 amide bonds. The largest absolute Gasteiger partial charge is 0.409 e. The molecule has 0 spiro atoms. The summed E-state index contributed by atoms with van der Waals surface area (Å²) in [5.74, 6) is 0. The Kier molecular flexibility index (Phi) is 14.7. The van der Waals surface area contributed by atoms with Crippen LogP contribution in [0.25, 0.3) is 0 Å². The second kappa shape index (κ2) is 16.5. The van der Waals surface area contributed by atoms with Gasteiger partial charge in [-0.05, 0) is 58.6 Å². The third kappa shape index (κ3) is 10.3. The Hall–Kier alpha value is -1.41. The average Bonchev–Trinajstić information content (AvgIpc) is 2.96. The van der Waals surface area contributed by atoms with Gasteiger partial charge in [0.05, 0.1) is 18.8 Å². The summed E-state index contributed by atoms with van der Waals surface area (Å²) >= 11 is 0. The van der Waals surface area contributed by atoms with Gasteiger partial charge in [0.2, 0.25) is 0 Å². The zero-order chi connectivity index (χ0) is 35.9. The number of hydrogen-bond acceptors (Lipinski definition) is 6. The highest BCUT2D eigenvalue weighted by atomic mass is 28.4. The maximum Gasteiger partial charge on any atom is 0.261 e. The summed E-state index contributed by atoms with van der Waals surface area (Å²) in [4.78, 5) is 0. The number of hydrogen-bond donors (Lipinski definition) is 1. The molecule has 0 bridgehead atoms. The van der Waals surface area contributed by atoms with E-state index in [9.17, 15) is 5.11 Å². The van der Waals surface area contributed by atoms with Crippen molar-refractivity contribution < 1.29 is 27.9 Å². The van der Waals surface area contributed by atoms with Crippen LogP contribution in [-0.2, 0) is 22.8 Å².